The minimum absolute atomic E-state index is 0.0824. The summed E-state index contributed by atoms with van der Waals surface area (Å²) in [4.78, 5) is 11.9. The number of hydrogen-bond donors (Lipinski definition) is 0. The Balaban J connectivity index is 2.42. The van der Waals surface area contributed by atoms with E-state index in [2.05, 4.69) is 10.3 Å². The van der Waals surface area contributed by atoms with Crippen molar-refractivity contribution >= 4 is 17.4 Å². The van der Waals surface area contributed by atoms with Crippen LogP contribution in [0, 0.1) is 5.82 Å². The lowest BCUT2D eigenvalue weighted by atomic mass is 10.1. The third-order valence-electron chi connectivity index (χ3n) is 2.13. The van der Waals surface area contributed by atoms with E-state index in [0.717, 1.165) is 6.07 Å². The number of benzene rings is 1. The molecule has 0 N–H and O–H groups in total. The van der Waals surface area contributed by atoms with Gasteiger partial charge in [-0.25, -0.2) is 9.07 Å². The summed E-state index contributed by atoms with van der Waals surface area (Å²) in [5, 5.41) is 7.15. The van der Waals surface area contributed by atoms with Crippen molar-refractivity contribution in [2.45, 2.75) is 0 Å². The second kappa shape index (κ2) is 4.02. The molecule has 0 aliphatic carbocycles. The predicted octanol–water partition coefficient (Wildman–Crippen LogP) is 1.84. The summed E-state index contributed by atoms with van der Waals surface area (Å²) in [5.41, 5.74) is 0.625. The lowest BCUT2D eigenvalue weighted by Crippen LogP contribution is -2.08. The van der Waals surface area contributed by atoms with Crippen molar-refractivity contribution < 1.29 is 9.18 Å². The standard InChI is InChI=1S/C10H7ClFN3O/c1-15-9(5-13-14-15)10(16)6-2-3-8(12)7(11)4-6/h2-5H,1H3. The van der Waals surface area contributed by atoms with Crippen LogP contribution in [0.1, 0.15) is 16.1 Å². The van der Waals surface area contributed by atoms with Crippen molar-refractivity contribution in [2.75, 3.05) is 0 Å². The van der Waals surface area contributed by atoms with Crippen LogP contribution in [0.3, 0.4) is 0 Å². The summed E-state index contributed by atoms with van der Waals surface area (Å²) in [7, 11) is 1.60. The van der Waals surface area contributed by atoms with Crippen LogP contribution < -0.4 is 0 Å². The van der Waals surface area contributed by atoms with Crippen LogP contribution >= 0.6 is 11.6 Å². The maximum absolute atomic E-state index is 12.9. The number of aryl methyl sites for hydroxylation is 1. The summed E-state index contributed by atoms with van der Waals surface area (Å²) in [5.74, 6) is -0.851. The molecule has 0 saturated heterocycles. The minimum Gasteiger partial charge on any atom is -0.287 e. The highest BCUT2D eigenvalue weighted by atomic mass is 35.5. The first-order valence-electron chi connectivity index (χ1n) is 4.44. The molecular formula is C10H7ClFN3O. The lowest BCUT2D eigenvalue weighted by molar-refractivity contribution is 0.103. The molecule has 0 saturated carbocycles. The van der Waals surface area contributed by atoms with Gasteiger partial charge in [-0.05, 0) is 18.2 Å². The summed E-state index contributed by atoms with van der Waals surface area (Å²) >= 11 is 5.59. The molecule has 0 fully saturated rings. The molecule has 1 aromatic carbocycles. The third-order valence-corrected chi connectivity index (χ3v) is 2.42. The van der Waals surface area contributed by atoms with Crippen LogP contribution in [0.15, 0.2) is 24.4 Å². The Morgan fingerprint density at radius 1 is 1.50 bits per heavy atom. The lowest BCUT2D eigenvalue weighted by Gasteiger charge is -2.01. The van der Waals surface area contributed by atoms with E-state index in [1.54, 1.807) is 7.05 Å². The van der Waals surface area contributed by atoms with Crippen LogP contribution in [0.5, 0.6) is 0 Å². The molecule has 82 valence electrons. The molecule has 1 aromatic heterocycles. The first kappa shape index (κ1) is 10.8. The van der Waals surface area contributed by atoms with Gasteiger partial charge in [-0.2, -0.15) is 0 Å². The van der Waals surface area contributed by atoms with E-state index in [1.165, 1.54) is 23.0 Å². The van der Waals surface area contributed by atoms with Crippen LogP contribution in [-0.2, 0) is 7.05 Å². The number of nitrogens with zero attached hydrogens (tertiary/aromatic N) is 3. The molecule has 0 atom stereocenters. The van der Waals surface area contributed by atoms with Crippen LogP contribution in [0.25, 0.3) is 0 Å². The van der Waals surface area contributed by atoms with E-state index in [4.69, 9.17) is 11.6 Å². The molecule has 1 heterocycles. The number of carbonyl (C=O) groups excluding carboxylic acids is 1. The van der Waals surface area contributed by atoms with Gasteiger partial charge in [0.2, 0.25) is 5.78 Å². The Morgan fingerprint density at radius 2 is 2.25 bits per heavy atom. The van der Waals surface area contributed by atoms with Crippen molar-refractivity contribution in [3.63, 3.8) is 0 Å². The van der Waals surface area contributed by atoms with Gasteiger partial charge in [0, 0.05) is 12.6 Å². The van der Waals surface area contributed by atoms with E-state index >= 15 is 0 Å². The molecule has 0 unspecified atom stereocenters. The zero-order valence-electron chi connectivity index (χ0n) is 8.32. The number of halogens is 2. The highest BCUT2D eigenvalue weighted by Crippen LogP contribution is 2.17. The van der Waals surface area contributed by atoms with Crippen LogP contribution in [0.2, 0.25) is 5.02 Å². The number of carbonyl (C=O) groups is 1. The minimum atomic E-state index is -0.554. The van der Waals surface area contributed by atoms with Gasteiger partial charge in [0.25, 0.3) is 0 Å². The van der Waals surface area contributed by atoms with E-state index in [0.29, 0.717) is 11.3 Å². The fraction of sp³-hybridized carbons (Fsp3) is 0.100. The normalized spacial score (nSPS) is 10.4. The van der Waals surface area contributed by atoms with Gasteiger partial charge in [0.15, 0.2) is 0 Å². The van der Waals surface area contributed by atoms with E-state index in [1.807, 2.05) is 0 Å². The smallest absolute Gasteiger partial charge is 0.212 e. The molecule has 0 radical (unpaired) electrons. The van der Waals surface area contributed by atoms with Crippen molar-refractivity contribution in [2.24, 2.45) is 7.05 Å². The Labute approximate surface area is 95.6 Å². The Bertz CT molecular complexity index is 553. The molecule has 4 nitrogen and oxygen atoms in total. The molecule has 6 heteroatoms. The van der Waals surface area contributed by atoms with Gasteiger partial charge >= 0.3 is 0 Å². The second-order valence-corrected chi connectivity index (χ2v) is 3.61. The summed E-state index contributed by atoms with van der Waals surface area (Å²) in [6, 6.07) is 3.81. The van der Waals surface area contributed by atoms with Crippen LogP contribution in [-0.4, -0.2) is 20.8 Å². The Hall–Kier alpha value is -1.75. The fourth-order valence-corrected chi connectivity index (χ4v) is 1.46. The monoisotopic (exact) mass is 239 g/mol. The van der Waals surface area contributed by atoms with Gasteiger partial charge in [0.1, 0.15) is 11.5 Å². The molecule has 0 spiro atoms. The summed E-state index contributed by atoms with van der Waals surface area (Å²) < 4.78 is 14.3. The second-order valence-electron chi connectivity index (χ2n) is 3.20. The zero-order valence-corrected chi connectivity index (χ0v) is 9.07. The maximum atomic E-state index is 12.9. The van der Waals surface area contributed by atoms with Gasteiger partial charge in [-0.3, -0.25) is 4.79 Å². The molecule has 0 bridgehead atoms. The quantitative estimate of drug-likeness (QED) is 0.752. The van der Waals surface area contributed by atoms with Crippen molar-refractivity contribution in [1.82, 2.24) is 15.0 Å². The fourth-order valence-electron chi connectivity index (χ4n) is 1.28. The first-order chi connectivity index (χ1) is 7.59. The SMILES string of the molecule is Cn1nncc1C(=O)c1ccc(F)c(Cl)c1. The van der Waals surface area contributed by atoms with Gasteiger partial charge < -0.3 is 0 Å². The number of ketones is 1. The van der Waals surface area contributed by atoms with Crippen LogP contribution in [0.4, 0.5) is 4.39 Å². The number of aromatic nitrogens is 3. The Kier molecular flexibility index (Phi) is 2.70. The third kappa shape index (κ3) is 1.81. The summed E-state index contributed by atoms with van der Waals surface area (Å²) in [6.45, 7) is 0. The highest BCUT2D eigenvalue weighted by Gasteiger charge is 2.14. The molecule has 2 aromatic rings. The van der Waals surface area contributed by atoms with Gasteiger partial charge in [-0.15, -0.1) is 5.10 Å². The van der Waals surface area contributed by atoms with Gasteiger partial charge in [0.05, 0.1) is 11.2 Å². The van der Waals surface area contributed by atoms with Gasteiger partial charge in [-0.1, -0.05) is 16.8 Å². The molecule has 16 heavy (non-hydrogen) atoms. The number of hydrogen-bond acceptors (Lipinski definition) is 3. The number of rotatable bonds is 2. The van der Waals surface area contributed by atoms with Crippen molar-refractivity contribution in [3.8, 4) is 0 Å². The largest absolute Gasteiger partial charge is 0.287 e. The maximum Gasteiger partial charge on any atom is 0.212 e. The zero-order chi connectivity index (χ0) is 11.7. The van der Waals surface area contributed by atoms with E-state index < -0.39 is 5.82 Å². The van der Waals surface area contributed by atoms with Crippen molar-refractivity contribution in [1.29, 1.82) is 0 Å². The predicted molar refractivity (Wildman–Crippen MR) is 55.8 cm³/mol. The molecule has 0 amide bonds. The molecule has 2 rings (SSSR count). The topological polar surface area (TPSA) is 47.8 Å². The molecule has 0 aliphatic rings. The van der Waals surface area contributed by atoms with E-state index in [9.17, 15) is 9.18 Å². The van der Waals surface area contributed by atoms with E-state index in [-0.39, 0.29) is 10.8 Å². The summed E-state index contributed by atoms with van der Waals surface area (Å²) in [6.07, 6.45) is 1.35. The average molecular weight is 240 g/mol. The van der Waals surface area contributed by atoms with Crippen molar-refractivity contribution in [3.05, 3.63) is 46.5 Å². The molecule has 0 aliphatic heterocycles. The Morgan fingerprint density at radius 3 is 2.81 bits per heavy atom. The highest BCUT2D eigenvalue weighted by molar-refractivity contribution is 6.31. The average Bonchev–Trinajstić information content (AvgIpc) is 2.67. The first-order valence-corrected chi connectivity index (χ1v) is 4.82. The molecular weight excluding hydrogens is 233 g/mol.